The average molecular weight is 312 g/mol. The summed E-state index contributed by atoms with van der Waals surface area (Å²) in [6.45, 7) is 0. The van der Waals surface area contributed by atoms with Crippen LogP contribution in [0.1, 0.15) is 10.4 Å². The number of rotatable bonds is 3. The zero-order valence-electron chi connectivity index (χ0n) is 11.7. The summed E-state index contributed by atoms with van der Waals surface area (Å²) in [6.07, 6.45) is 0. The molecule has 2 aromatic carbocycles. The summed E-state index contributed by atoms with van der Waals surface area (Å²) in [5, 5.41) is 0.681. The van der Waals surface area contributed by atoms with Crippen LogP contribution in [0.4, 0.5) is 0 Å². The first-order valence-corrected chi connectivity index (χ1v) is 7.38. The number of esters is 1. The second-order valence-corrected chi connectivity index (χ2v) is 5.67. The van der Waals surface area contributed by atoms with Crippen molar-refractivity contribution in [1.82, 2.24) is 0 Å². The molecular formula is C17H12O4S. The molecule has 1 heterocycles. The molecule has 1 aromatic heterocycles. The van der Waals surface area contributed by atoms with Crippen LogP contribution in [0.5, 0.6) is 0 Å². The quantitative estimate of drug-likeness (QED) is 0.545. The minimum absolute atomic E-state index is 0.396. The fourth-order valence-corrected chi connectivity index (χ4v) is 2.89. The summed E-state index contributed by atoms with van der Waals surface area (Å²) >= 11 is 1.33. The van der Waals surface area contributed by atoms with Gasteiger partial charge in [-0.15, -0.1) is 0 Å². The van der Waals surface area contributed by atoms with Gasteiger partial charge in [-0.05, 0) is 36.4 Å². The fraction of sp³-hybridized carbons (Fsp3) is 0.0588. The van der Waals surface area contributed by atoms with Gasteiger partial charge in [-0.1, -0.05) is 30.0 Å². The monoisotopic (exact) mass is 312 g/mol. The summed E-state index contributed by atoms with van der Waals surface area (Å²) in [5.41, 5.74) is 0.460. The lowest BCUT2D eigenvalue weighted by molar-refractivity contribution is 0.0601. The van der Waals surface area contributed by atoms with Gasteiger partial charge in [-0.3, -0.25) is 0 Å². The maximum atomic E-state index is 12.0. The molecular weight excluding hydrogens is 300 g/mol. The smallest absolute Gasteiger partial charge is 0.350 e. The normalized spacial score (nSPS) is 10.6. The van der Waals surface area contributed by atoms with Gasteiger partial charge in [-0.2, -0.15) is 0 Å². The molecule has 5 heteroatoms. The third kappa shape index (κ3) is 2.89. The Labute approximate surface area is 130 Å². The van der Waals surface area contributed by atoms with Gasteiger partial charge in [-0.25, -0.2) is 9.59 Å². The Morgan fingerprint density at radius 1 is 1.09 bits per heavy atom. The van der Waals surface area contributed by atoms with Crippen LogP contribution in [0.2, 0.25) is 0 Å². The first-order chi connectivity index (χ1) is 10.7. The lowest BCUT2D eigenvalue weighted by Gasteiger charge is -2.04. The van der Waals surface area contributed by atoms with Crippen molar-refractivity contribution in [3.8, 4) is 0 Å². The van der Waals surface area contributed by atoms with E-state index in [1.807, 2.05) is 30.3 Å². The SMILES string of the molecule is COC(=O)c1ccc2oc(=O)c(Sc3ccccc3)cc2c1. The van der Waals surface area contributed by atoms with Crippen molar-refractivity contribution < 1.29 is 13.9 Å². The molecule has 3 rings (SSSR count). The Bertz CT molecular complexity index is 884. The van der Waals surface area contributed by atoms with Crippen molar-refractivity contribution in [2.45, 2.75) is 9.79 Å². The molecule has 3 aromatic rings. The van der Waals surface area contributed by atoms with Gasteiger partial charge < -0.3 is 9.15 Å². The largest absolute Gasteiger partial charge is 0.465 e. The third-order valence-corrected chi connectivity index (χ3v) is 4.10. The Morgan fingerprint density at radius 3 is 2.59 bits per heavy atom. The minimum Gasteiger partial charge on any atom is -0.465 e. The van der Waals surface area contributed by atoms with E-state index in [2.05, 4.69) is 0 Å². The Morgan fingerprint density at radius 2 is 1.86 bits per heavy atom. The Kier molecular flexibility index (Phi) is 3.98. The van der Waals surface area contributed by atoms with Crippen LogP contribution < -0.4 is 5.63 Å². The van der Waals surface area contributed by atoms with Crippen LogP contribution in [0, 0.1) is 0 Å². The first kappa shape index (κ1) is 14.4. The predicted octanol–water partition coefficient (Wildman–Crippen LogP) is 3.73. The van der Waals surface area contributed by atoms with Crippen LogP contribution in [0.15, 0.2) is 73.6 Å². The third-order valence-electron chi connectivity index (χ3n) is 3.09. The molecule has 0 spiro atoms. The number of carbonyl (C=O) groups excluding carboxylic acids is 1. The van der Waals surface area contributed by atoms with Gasteiger partial charge >= 0.3 is 11.6 Å². The zero-order chi connectivity index (χ0) is 15.5. The number of hydrogen-bond acceptors (Lipinski definition) is 5. The van der Waals surface area contributed by atoms with Crippen molar-refractivity contribution in [2.24, 2.45) is 0 Å². The summed E-state index contributed by atoms with van der Waals surface area (Å²) in [7, 11) is 1.33. The molecule has 0 radical (unpaired) electrons. The van der Waals surface area contributed by atoms with Crippen molar-refractivity contribution in [2.75, 3.05) is 7.11 Å². The number of methoxy groups -OCH3 is 1. The van der Waals surface area contributed by atoms with Gasteiger partial charge in [0.1, 0.15) is 5.58 Å². The van der Waals surface area contributed by atoms with Gasteiger partial charge in [0.2, 0.25) is 0 Å². The van der Waals surface area contributed by atoms with Crippen molar-refractivity contribution in [3.05, 3.63) is 70.6 Å². The Hall–Kier alpha value is -2.53. The topological polar surface area (TPSA) is 56.5 Å². The number of benzene rings is 2. The second-order valence-electron chi connectivity index (χ2n) is 4.56. The van der Waals surface area contributed by atoms with Gasteiger partial charge in [0.05, 0.1) is 17.6 Å². The van der Waals surface area contributed by atoms with E-state index in [0.717, 1.165) is 4.90 Å². The highest BCUT2D eigenvalue weighted by Crippen LogP contribution is 2.27. The number of ether oxygens (including phenoxy) is 1. The number of fused-ring (bicyclic) bond motifs is 1. The van der Waals surface area contributed by atoms with E-state index in [1.165, 1.54) is 18.9 Å². The van der Waals surface area contributed by atoms with E-state index in [4.69, 9.17) is 9.15 Å². The van der Waals surface area contributed by atoms with E-state index in [9.17, 15) is 9.59 Å². The van der Waals surface area contributed by atoms with E-state index in [1.54, 1.807) is 24.3 Å². The zero-order valence-corrected chi connectivity index (χ0v) is 12.6. The molecule has 0 amide bonds. The first-order valence-electron chi connectivity index (χ1n) is 6.56. The molecule has 0 aliphatic rings. The summed E-state index contributed by atoms with van der Waals surface area (Å²) in [4.78, 5) is 25.0. The molecule has 0 aliphatic heterocycles. The van der Waals surface area contributed by atoms with Crippen LogP contribution in [0.25, 0.3) is 11.0 Å². The van der Waals surface area contributed by atoms with Gasteiger partial charge in [0.15, 0.2) is 0 Å². The summed E-state index contributed by atoms with van der Waals surface area (Å²) in [6, 6.07) is 16.1. The molecule has 22 heavy (non-hydrogen) atoms. The van der Waals surface area contributed by atoms with Crippen LogP contribution in [-0.2, 0) is 4.74 Å². The highest BCUT2D eigenvalue weighted by atomic mass is 32.2. The molecule has 4 nitrogen and oxygen atoms in total. The molecule has 0 fully saturated rings. The molecule has 0 atom stereocenters. The predicted molar refractivity (Wildman–Crippen MR) is 84.4 cm³/mol. The summed E-state index contributed by atoms with van der Waals surface area (Å²) in [5.74, 6) is -0.426. The lowest BCUT2D eigenvalue weighted by Crippen LogP contribution is -2.03. The van der Waals surface area contributed by atoms with E-state index >= 15 is 0 Å². The number of hydrogen-bond donors (Lipinski definition) is 0. The van der Waals surface area contributed by atoms with Crippen LogP contribution in [-0.4, -0.2) is 13.1 Å². The van der Waals surface area contributed by atoms with E-state index in [0.29, 0.717) is 21.4 Å². The molecule has 0 saturated carbocycles. The van der Waals surface area contributed by atoms with Crippen LogP contribution >= 0.6 is 11.8 Å². The molecule has 0 aliphatic carbocycles. The standard InChI is InChI=1S/C17H12O4S/c1-20-16(18)11-7-8-14-12(9-11)10-15(17(19)21-14)22-13-5-3-2-4-6-13/h2-10H,1H3. The lowest BCUT2D eigenvalue weighted by atomic mass is 10.1. The molecule has 0 saturated heterocycles. The fourth-order valence-electron chi connectivity index (χ4n) is 2.04. The van der Waals surface area contributed by atoms with E-state index < -0.39 is 11.6 Å². The highest BCUT2D eigenvalue weighted by Gasteiger charge is 2.10. The highest BCUT2D eigenvalue weighted by molar-refractivity contribution is 7.99. The maximum absolute atomic E-state index is 12.0. The van der Waals surface area contributed by atoms with Crippen LogP contribution in [0.3, 0.4) is 0 Å². The number of carbonyl (C=O) groups is 1. The van der Waals surface area contributed by atoms with Crippen molar-refractivity contribution in [3.63, 3.8) is 0 Å². The molecule has 0 N–H and O–H groups in total. The maximum Gasteiger partial charge on any atom is 0.350 e. The molecule has 110 valence electrons. The average Bonchev–Trinajstić information content (AvgIpc) is 2.55. The van der Waals surface area contributed by atoms with Gasteiger partial charge in [0.25, 0.3) is 0 Å². The van der Waals surface area contributed by atoms with E-state index in [-0.39, 0.29) is 0 Å². The molecule has 0 bridgehead atoms. The summed E-state index contributed by atoms with van der Waals surface area (Å²) < 4.78 is 10.0. The van der Waals surface area contributed by atoms with Crippen molar-refractivity contribution in [1.29, 1.82) is 0 Å². The second kappa shape index (κ2) is 6.07. The molecule has 0 unspecified atom stereocenters. The Balaban J connectivity index is 2.05. The minimum atomic E-state index is -0.426. The van der Waals surface area contributed by atoms with Crippen molar-refractivity contribution >= 4 is 28.7 Å². The van der Waals surface area contributed by atoms with Gasteiger partial charge in [0, 0.05) is 10.3 Å².